The minimum Gasteiger partial charge on any atom is -0.478 e. The number of nitrogens with one attached hydrogen (secondary N) is 2. The van der Waals surface area contributed by atoms with Crippen molar-refractivity contribution in [2.75, 3.05) is 17.7 Å². The fraction of sp³-hybridized carbons (Fsp3) is 0.0800. The monoisotopic (exact) mass is 428 g/mol. The van der Waals surface area contributed by atoms with Gasteiger partial charge in [-0.15, -0.1) is 0 Å². The van der Waals surface area contributed by atoms with Crippen molar-refractivity contribution in [1.82, 2.24) is 0 Å². The van der Waals surface area contributed by atoms with Crippen LogP contribution in [0.4, 0.5) is 11.4 Å². The summed E-state index contributed by atoms with van der Waals surface area (Å²) >= 11 is 0. The molecule has 3 aromatic carbocycles. The average Bonchev–Trinajstić information content (AvgIpc) is 3.11. The Morgan fingerprint density at radius 3 is 2.28 bits per heavy atom. The molecule has 1 heterocycles. The molecule has 0 bridgehead atoms. The van der Waals surface area contributed by atoms with Gasteiger partial charge in [-0.3, -0.25) is 4.79 Å². The fourth-order valence-corrected chi connectivity index (χ4v) is 3.63. The predicted molar refractivity (Wildman–Crippen MR) is 121 cm³/mol. The quantitative estimate of drug-likeness (QED) is 0.411. The van der Waals surface area contributed by atoms with Crippen LogP contribution in [0.15, 0.2) is 66.7 Å². The van der Waals surface area contributed by atoms with Gasteiger partial charge in [0.15, 0.2) is 0 Å². The molecule has 0 unspecified atom stereocenters. The van der Waals surface area contributed by atoms with Crippen molar-refractivity contribution in [2.45, 2.75) is 6.92 Å². The van der Waals surface area contributed by atoms with E-state index < -0.39 is 11.9 Å². The number of anilines is 2. The van der Waals surface area contributed by atoms with Gasteiger partial charge < -0.3 is 20.5 Å². The van der Waals surface area contributed by atoms with Gasteiger partial charge in [0, 0.05) is 11.3 Å². The molecule has 7 nitrogen and oxygen atoms in total. The van der Waals surface area contributed by atoms with Crippen molar-refractivity contribution in [3.63, 3.8) is 0 Å². The Morgan fingerprint density at radius 1 is 0.969 bits per heavy atom. The van der Waals surface area contributed by atoms with E-state index in [4.69, 9.17) is 9.84 Å². The zero-order valence-corrected chi connectivity index (χ0v) is 17.4. The number of hydrogen-bond acceptors (Lipinski definition) is 5. The zero-order valence-electron chi connectivity index (χ0n) is 17.4. The van der Waals surface area contributed by atoms with E-state index in [-0.39, 0.29) is 11.5 Å². The maximum absolute atomic E-state index is 13.0. The van der Waals surface area contributed by atoms with Crippen LogP contribution in [0.25, 0.3) is 11.3 Å². The lowest BCUT2D eigenvalue weighted by Crippen LogP contribution is -2.10. The van der Waals surface area contributed by atoms with Crippen molar-refractivity contribution < 1.29 is 24.2 Å². The summed E-state index contributed by atoms with van der Waals surface area (Å²) in [6.07, 6.45) is 0. The molecule has 0 aliphatic carbocycles. The number of ether oxygens (including phenoxy) is 1. The second-order valence-corrected chi connectivity index (χ2v) is 7.28. The molecule has 0 aromatic heterocycles. The standard InChI is InChI=1S/C25H20N2O5/c1-14-12-19-20(13-18(14)25(31)32-2)27-23(28)21(19)22(15-6-4-3-5-7-15)26-17-10-8-16(9-11-17)24(29)30/h3-13,26H,1-2H3,(H,27,28)(H,29,30)/b22-21-. The Morgan fingerprint density at radius 2 is 1.66 bits per heavy atom. The first-order valence-corrected chi connectivity index (χ1v) is 9.84. The van der Waals surface area contributed by atoms with Crippen LogP contribution in [-0.2, 0) is 9.53 Å². The molecule has 0 fully saturated rings. The molecule has 3 N–H and O–H groups in total. The van der Waals surface area contributed by atoms with E-state index in [1.807, 2.05) is 30.3 Å². The number of benzene rings is 3. The van der Waals surface area contributed by atoms with Gasteiger partial charge in [-0.1, -0.05) is 30.3 Å². The van der Waals surface area contributed by atoms with Crippen LogP contribution in [0.1, 0.15) is 37.4 Å². The maximum Gasteiger partial charge on any atom is 0.338 e. The Bertz CT molecular complexity index is 1260. The highest BCUT2D eigenvalue weighted by Gasteiger charge is 2.30. The first-order chi connectivity index (χ1) is 15.4. The highest BCUT2D eigenvalue weighted by molar-refractivity contribution is 6.37. The van der Waals surface area contributed by atoms with Crippen LogP contribution in [-0.4, -0.2) is 30.1 Å². The molecule has 160 valence electrons. The summed E-state index contributed by atoms with van der Waals surface area (Å²) in [6, 6.07) is 19.0. The molecular weight excluding hydrogens is 408 g/mol. The minimum absolute atomic E-state index is 0.166. The highest BCUT2D eigenvalue weighted by Crippen LogP contribution is 2.39. The van der Waals surface area contributed by atoms with Gasteiger partial charge in [-0.05, 0) is 54.4 Å². The van der Waals surface area contributed by atoms with E-state index in [0.717, 1.165) is 5.56 Å². The number of carboxylic acid groups (broad SMARTS) is 1. The lowest BCUT2D eigenvalue weighted by atomic mass is 9.96. The van der Waals surface area contributed by atoms with Gasteiger partial charge in [-0.2, -0.15) is 0 Å². The summed E-state index contributed by atoms with van der Waals surface area (Å²) in [6.45, 7) is 1.78. The fourth-order valence-electron chi connectivity index (χ4n) is 3.63. The van der Waals surface area contributed by atoms with E-state index in [0.29, 0.717) is 39.3 Å². The third-order valence-electron chi connectivity index (χ3n) is 5.23. The number of rotatable bonds is 5. The van der Waals surface area contributed by atoms with Crippen molar-refractivity contribution in [3.8, 4) is 0 Å². The number of esters is 1. The minimum atomic E-state index is -1.01. The molecule has 1 amide bonds. The molecule has 0 radical (unpaired) electrons. The van der Waals surface area contributed by atoms with Crippen molar-refractivity contribution in [2.24, 2.45) is 0 Å². The number of aryl methyl sites for hydroxylation is 1. The smallest absolute Gasteiger partial charge is 0.338 e. The molecule has 1 aliphatic heterocycles. The van der Waals surface area contributed by atoms with Gasteiger partial charge in [-0.25, -0.2) is 9.59 Å². The lowest BCUT2D eigenvalue weighted by molar-refractivity contribution is -0.110. The number of hydrogen-bond donors (Lipinski definition) is 3. The van der Waals surface area contributed by atoms with Gasteiger partial charge in [0.05, 0.1) is 35.2 Å². The first-order valence-electron chi connectivity index (χ1n) is 9.84. The Balaban J connectivity index is 1.87. The van der Waals surface area contributed by atoms with Crippen molar-refractivity contribution >= 4 is 40.5 Å². The van der Waals surface area contributed by atoms with E-state index in [9.17, 15) is 14.4 Å². The number of amides is 1. The van der Waals surface area contributed by atoms with Crippen LogP contribution < -0.4 is 10.6 Å². The summed E-state index contributed by atoms with van der Waals surface area (Å²) < 4.78 is 4.83. The maximum atomic E-state index is 13.0. The van der Waals surface area contributed by atoms with Gasteiger partial charge in [0.25, 0.3) is 5.91 Å². The summed E-state index contributed by atoms with van der Waals surface area (Å²) in [5.41, 5.74) is 4.81. The Labute approximate surface area is 184 Å². The number of carbonyl (C=O) groups excluding carboxylic acids is 2. The summed E-state index contributed by atoms with van der Waals surface area (Å²) in [5.74, 6) is -1.80. The molecule has 32 heavy (non-hydrogen) atoms. The highest BCUT2D eigenvalue weighted by atomic mass is 16.5. The molecule has 1 aliphatic rings. The van der Waals surface area contributed by atoms with Crippen LogP contribution in [0.5, 0.6) is 0 Å². The van der Waals surface area contributed by atoms with Gasteiger partial charge in [0.2, 0.25) is 0 Å². The van der Waals surface area contributed by atoms with E-state index >= 15 is 0 Å². The lowest BCUT2D eigenvalue weighted by Gasteiger charge is -2.15. The normalized spacial score (nSPS) is 13.8. The van der Waals surface area contributed by atoms with E-state index in [2.05, 4.69) is 10.6 Å². The van der Waals surface area contributed by atoms with Crippen LogP contribution in [0.3, 0.4) is 0 Å². The molecule has 4 rings (SSSR count). The second-order valence-electron chi connectivity index (χ2n) is 7.28. The average molecular weight is 428 g/mol. The van der Waals surface area contributed by atoms with E-state index in [1.165, 1.54) is 19.2 Å². The van der Waals surface area contributed by atoms with Gasteiger partial charge >= 0.3 is 11.9 Å². The molecule has 7 heteroatoms. The van der Waals surface area contributed by atoms with Crippen molar-refractivity contribution in [3.05, 3.63) is 94.5 Å². The number of methoxy groups -OCH3 is 1. The topological polar surface area (TPSA) is 105 Å². The Kier molecular flexibility index (Phi) is 5.47. The number of carboxylic acids is 1. The summed E-state index contributed by atoms with van der Waals surface area (Å²) in [7, 11) is 1.31. The molecule has 0 atom stereocenters. The number of fused-ring (bicyclic) bond motifs is 1. The SMILES string of the molecule is COC(=O)c1cc2c(cc1C)/C(=C(/Nc1ccc(C(=O)O)cc1)c1ccccc1)C(=O)N2. The molecule has 0 saturated carbocycles. The summed E-state index contributed by atoms with van der Waals surface area (Å²) in [4.78, 5) is 36.3. The van der Waals surface area contributed by atoms with Crippen LogP contribution in [0.2, 0.25) is 0 Å². The van der Waals surface area contributed by atoms with E-state index in [1.54, 1.807) is 31.2 Å². The zero-order chi connectivity index (χ0) is 22.8. The van der Waals surface area contributed by atoms with Crippen LogP contribution >= 0.6 is 0 Å². The predicted octanol–water partition coefficient (Wildman–Crippen LogP) is 4.41. The largest absolute Gasteiger partial charge is 0.478 e. The number of aromatic carboxylic acids is 1. The third-order valence-corrected chi connectivity index (χ3v) is 5.23. The molecule has 0 spiro atoms. The van der Waals surface area contributed by atoms with Gasteiger partial charge in [0.1, 0.15) is 0 Å². The third kappa shape index (κ3) is 3.83. The summed E-state index contributed by atoms with van der Waals surface area (Å²) in [5, 5.41) is 15.3. The first kappa shape index (κ1) is 20.9. The molecule has 3 aromatic rings. The molecule has 0 saturated heterocycles. The van der Waals surface area contributed by atoms with Crippen molar-refractivity contribution in [1.29, 1.82) is 0 Å². The van der Waals surface area contributed by atoms with Crippen LogP contribution in [0, 0.1) is 6.92 Å². The molecular formula is C25H20N2O5. The second kappa shape index (κ2) is 8.39. The Hall–Kier alpha value is -4.39. The number of carbonyl (C=O) groups is 3.